The molecule has 3 heteroatoms. The fourth-order valence-electron chi connectivity index (χ4n) is 1.93. The molecule has 1 nitrogen and oxygen atoms in total. The molecule has 1 aliphatic rings. The third-order valence-corrected chi connectivity index (χ3v) is 4.67. The fourth-order valence-corrected chi connectivity index (χ4v) is 4.05. The van der Waals surface area contributed by atoms with E-state index >= 15 is 0 Å². The van der Waals surface area contributed by atoms with Crippen LogP contribution in [0.15, 0.2) is 29.2 Å². The number of benzene rings is 1. The molecule has 2 aromatic rings. The summed E-state index contributed by atoms with van der Waals surface area (Å²) >= 11 is 0.302. The molecule has 0 unspecified atom stereocenters. The molecule has 1 N–H and O–H groups in total. The molecular weight excluding hydrogens is 256 g/mol. The summed E-state index contributed by atoms with van der Waals surface area (Å²) in [6.45, 7) is 1.90. The molecule has 1 aromatic heterocycles. The van der Waals surface area contributed by atoms with Gasteiger partial charge in [0.2, 0.25) is 0 Å². The first-order valence-electron chi connectivity index (χ1n) is 4.91. The second-order valence-corrected chi connectivity index (χ2v) is 5.56. The minimum atomic E-state index is -0.121. The van der Waals surface area contributed by atoms with Gasteiger partial charge in [-0.3, -0.25) is 0 Å². The summed E-state index contributed by atoms with van der Waals surface area (Å²) < 4.78 is 14.2. The monoisotopic (exact) mass is 267 g/mol. The Hall–Kier alpha value is -0.891. The normalized spacial score (nSPS) is 15.9. The molecule has 1 aromatic carbocycles. The first-order chi connectivity index (χ1) is 7.34. The van der Waals surface area contributed by atoms with E-state index in [1.54, 1.807) is 12.1 Å². The Morgan fingerprint density at radius 1 is 1.33 bits per heavy atom. The van der Waals surface area contributed by atoms with Crippen molar-refractivity contribution in [2.24, 2.45) is 0 Å². The van der Waals surface area contributed by atoms with Crippen LogP contribution in [0.4, 0.5) is 4.39 Å². The molecule has 0 fully saturated rings. The van der Waals surface area contributed by atoms with Crippen molar-refractivity contribution in [3.63, 3.8) is 0 Å². The van der Waals surface area contributed by atoms with Gasteiger partial charge < -0.3 is 0 Å². The van der Waals surface area contributed by atoms with Gasteiger partial charge in [0.15, 0.2) is 0 Å². The van der Waals surface area contributed by atoms with E-state index in [1.165, 1.54) is 20.8 Å². The van der Waals surface area contributed by atoms with E-state index in [0.717, 1.165) is 13.1 Å². The van der Waals surface area contributed by atoms with E-state index in [2.05, 4.69) is 16.3 Å². The zero-order valence-electron chi connectivity index (χ0n) is 8.09. The average Bonchev–Trinajstić information content (AvgIpc) is 2.82. The molecule has 0 saturated carbocycles. The van der Waals surface area contributed by atoms with Crippen molar-refractivity contribution in [1.82, 2.24) is 5.32 Å². The zero-order chi connectivity index (χ0) is 10.3. The number of fused-ring (bicyclic) bond motifs is 1. The van der Waals surface area contributed by atoms with Crippen molar-refractivity contribution in [3.8, 4) is 0 Å². The molecule has 3 rings (SSSR count). The standard InChI is InChI=1S/C12H10FNSe/c13-9-1-2-10-11(7-15-12(10)5-9)8-3-4-14-6-8/h1-3,5,7,14H,4,6H2. The number of hydrogen-bond donors (Lipinski definition) is 1. The van der Waals surface area contributed by atoms with Crippen LogP contribution in [0, 0.1) is 5.82 Å². The molecule has 0 atom stereocenters. The second-order valence-electron chi connectivity index (χ2n) is 3.65. The van der Waals surface area contributed by atoms with E-state index in [1.807, 2.05) is 6.07 Å². The zero-order valence-corrected chi connectivity index (χ0v) is 9.80. The van der Waals surface area contributed by atoms with Gasteiger partial charge in [-0.05, 0) is 0 Å². The van der Waals surface area contributed by atoms with Crippen molar-refractivity contribution in [2.75, 3.05) is 13.1 Å². The van der Waals surface area contributed by atoms with Crippen molar-refractivity contribution in [3.05, 3.63) is 40.6 Å². The minimum absolute atomic E-state index is 0.121. The molecule has 1 aliphatic heterocycles. The topological polar surface area (TPSA) is 12.0 Å². The Kier molecular flexibility index (Phi) is 2.24. The van der Waals surface area contributed by atoms with E-state index < -0.39 is 0 Å². The second kappa shape index (κ2) is 3.60. The maximum absolute atomic E-state index is 13.0. The van der Waals surface area contributed by atoms with Crippen LogP contribution in [0.25, 0.3) is 15.2 Å². The molecular formula is C12H10FNSe. The van der Waals surface area contributed by atoms with Crippen LogP contribution in [0.5, 0.6) is 0 Å². The quantitative estimate of drug-likeness (QED) is 0.779. The molecule has 2 heterocycles. The van der Waals surface area contributed by atoms with Crippen LogP contribution >= 0.6 is 0 Å². The average molecular weight is 266 g/mol. The number of nitrogens with one attached hydrogen (secondary N) is 1. The molecule has 0 amide bonds. The van der Waals surface area contributed by atoms with Gasteiger partial charge in [0.1, 0.15) is 0 Å². The van der Waals surface area contributed by atoms with Crippen LogP contribution in [-0.2, 0) is 0 Å². The molecule has 0 saturated heterocycles. The van der Waals surface area contributed by atoms with E-state index in [0.29, 0.717) is 14.5 Å². The Balaban J connectivity index is 2.19. The van der Waals surface area contributed by atoms with Crippen molar-refractivity contribution in [2.45, 2.75) is 0 Å². The summed E-state index contributed by atoms with van der Waals surface area (Å²) in [7, 11) is 0. The van der Waals surface area contributed by atoms with Crippen LogP contribution in [0.3, 0.4) is 0 Å². The van der Waals surface area contributed by atoms with E-state index in [4.69, 9.17) is 0 Å². The fraction of sp³-hybridized carbons (Fsp3) is 0.167. The third kappa shape index (κ3) is 1.57. The van der Waals surface area contributed by atoms with Gasteiger partial charge in [-0.15, -0.1) is 0 Å². The molecule has 0 spiro atoms. The Bertz CT molecular complexity index is 542. The number of halogens is 1. The Morgan fingerprint density at radius 3 is 3.07 bits per heavy atom. The molecule has 15 heavy (non-hydrogen) atoms. The van der Waals surface area contributed by atoms with E-state index in [9.17, 15) is 4.39 Å². The van der Waals surface area contributed by atoms with Crippen LogP contribution in [0.1, 0.15) is 5.56 Å². The predicted octanol–water partition coefficient (Wildman–Crippen LogP) is 2.02. The summed E-state index contributed by atoms with van der Waals surface area (Å²) in [6.07, 6.45) is 2.22. The summed E-state index contributed by atoms with van der Waals surface area (Å²) in [4.78, 5) is 2.26. The summed E-state index contributed by atoms with van der Waals surface area (Å²) in [5, 5.41) is 4.52. The van der Waals surface area contributed by atoms with Gasteiger partial charge >= 0.3 is 93.1 Å². The van der Waals surface area contributed by atoms with E-state index in [-0.39, 0.29) is 5.82 Å². The summed E-state index contributed by atoms with van der Waals surface area (Å²) in [5.41, 5.74) is 2.68. The Morgan fingerprint density at radius 2 is 2.27 bits per heavy atom. The van der Waals surface area contributed by atoms with Crippen LogP contribution in [-0.4, -0.2) is 27.6 Å². The first kappa shape index (κ1) is 9.34. The van der Waals surface area contributed by atoms with Crippen LogP contribution < -0.4 is 5.32 Å². The maximum atomic E-state index is 13.0. The third-order valence-electron chi connectivity index (χ3n) is 2.69. The summed E-state index contributed by atoms with van der Waals surface area (Å²) in [5.74, 6) is -0.121. The van der Waals surface area contributed by atoms with Gasteiger partial charge in [-0.25, -0.2) is 0 Å². The van der Waals surface area contributed by atoms with Gasteiger partial charge in [0.25, 0.3) is 0 Å². The van der Waals surface area contributed by atoms with Crippen molar-refractivity contribution < 1.29 is 4.39 Å². The SMILES string of the molecule is Fc1ccc2c(C3=CCNC3)c[se]c2c1. The summed E-state index contributed by atoms with van der Waals surface area (Å²) in [6, 6.07) is 5.13. The molecule has 0 aliphatic carbocycles. The van der Waals surface area contributed by atoms with Crippen molar-refractivity contribution >= 4 is 29.7 Å². The first-order valence-corrected chi connectivity index (χ1v) is 6.76. The van der Waals surface area contributed by atoms with Gasteiger partial charge in [0, 0.05) is 0 Å². The molecule has 76 valence electrons. The van der Waals surface area contributed by atoms with Gasteiger partial charge in [-0.2, -0.15) is 0 Å². The Labute approximate surface area is 93.4 Å². The van der Waals surface area contributed by atoms with Crippen molar-refractivity contribution in [1.29, 1.82) is 0 Å². The predicted molar refractivity (Wildman–Crippen MR) is 61.7 cm³/mol. The molecule has 0 radical (unpaired) electrons. The number of hydrogen-bond acceptors (Lipinski definition) is 1. The number of rotatable bonds is 1. The van der Waals surface area contributed by atoms with Crippen LogP contribution in [0.2, 0.25) is 0 Å². The van der Waals surface area contributed by atoms with Gasteiger partial charge in [-0.1, -0.05) is 0 Å². The van der Waals surface area contributed by atoms with Gasteiger partial charge in [0.05, 0.1) is 0 Å². The molecule has 0 bridgehead atoms.